The van der Waals surface area contributed by atoms with E-state index in [0.29, 0.717) is 12.8 Å². The highest BCUT2D eigenvalue weighted by Crippen LogP contribution is 2.10. The van der Waals surface area contributed by atoms with Gasteiger partial charge in [-0.25, -0.2) is 4.79 Å². The van der Waals surface area contributed by atoms with Crippen molar-refractivity contribution >= 4 is 36.3 Å². The van der Waals surface area contributed by atoms with E-state index >= 15 is 0 Å². The number of hydrogen-bond donors (Lipinski definition) is 6. The first kappa shape index (κ1) is 26.2. The molecule has 0 saturated carbocycles. The van der Waals surface area contributed by atoms with Crippen LogP contribution in [-0.4, -0.2) is 58.7 Å². The molecular weight excluding hydrogens is 384 g/mol. The third kappa shape index (κ3) is 8.92. The van der Waals surface area contributed by atoms with Crippen LogP contribution >= 0.6 is 12.6 Å². The molecule has 0 rings (SSSR count). The summed E-state index contributed by atoms with van der Waals surface area (Å²) in [7, 11) is 0. The average Bonchev–Trinajstić information content (AvgIpc) is 2.62. The van der Waals surface area contributed by atoms with E-state index in [1.165, 1.54) is 6.92 Å². The van der Waals surface area contributed by atoms with Gasteiger partial charge in [-0.2, -0.15) is 12.6 Å². The first-order valence-electron chi connectivity index (χ1n) is 9.44. The number of carboxylic acid groups (broad SMARTS) is 1. The molecule has 0 aliphatic rings. The summed E-state index contributed by atoms with van der Waals surface area (Å²) in [5.74, 6) is -2.84. The van der Waals surface area contributed by atoms with E-state index in [1.54, 1.807) is 6.92 Å². The molecule has 0 aromatic heterocycles. The molecule has 0 fully saturated rings. The number of thiol groups is 1. The van der Waals surface area contributed by atoms with E-state index in [2.05, 4.69) is 28.6 Å². The van der Waals surface area contributed by atoms with Crippen LogP contribution in [0.25, 0.3) is 0 Å². The van der Waals surface area contributed by atoms with Crippen molar-refractivity contribution in [2.45, 2.75) is 71.6 Å². The van der Waals surface area contributed by atoms with Gasteiger partial charge in [0.25, 0.3) is 0 Å². The third-order valence-corrected chi connectivity index (χ3v) is 4.80. The van der Waals surface area contributed by atoms with Crippen molar-refractivity contribution < 1.29 is 24.3 Å². The van der Waals surface area contributed by atoms with Gasteiger partial charge in [0.2, 0.25) is 17.7 Å². The maximum absolute atomic E-state index is 12.6. The standard InChI is InChI=1S/C18H34N4O5S/c1-6-10(4)14(18(26)27)22-17(25)13(7-9(2)3)21-15(23)11(5)20-16(24)12(19)8-28/h9-14,28H,6-8,19H2,1-5H3,(H,20,24)(H,21,23)(H,22,25)(H,26,27). The Morgan fingerprint density at radius 2 is 1.54 bits per heavy atom. The first-order chi connectivity index (χ1) is 12.9. The van der Waals surface area contributed by atoms with Gasteiger partial charge in [0, 0.05) is 5.75 Å². The Balaban J connectivity index is 5.15. The fourth-order valence-corrected chi connectivity index (χ4v) is 2.57. The molecule has 3 amide bonds. The zero-order chi connectivity index (χ0) is 22.0. The van der Waals surface area contributed by atoms with Gasteiger partial charge >= 0.3 is 5.97 Å². The van der Waals surface area contributed by atoms with Crippen molar-refractivity contribution in [3.8, 4) is 0 Å². The van der Waals surface area contributed by atoms with Crippen LogP contribution in [0.2, 0.25) is 0 Å². The van der Waals surface area contributed by atoms with Crippen LogP contribution in [0.15, 0.2) is 0 Å². The van der Waals surface area contributed by atoms with Gasteiger partial charge in [-0.3, -0.25) is 14.4 Å². The van der Waals surface area contributed by atoms with E-state index in [-0.39, 0.29) is 17.6 Å². The predicted molar refractivity (Wildman–Crippen MR) is 110 cm³/mol. The van der Waals surface area contributed by atoms with Crippen LogP contribution in [0.1, 0.15) is 47.5 Å². The van der Waals surface area contributed by atoms with Gasteiger partial charge in [-0.15, -0.1) is 0 Å². The summed E-state index contributed by atoms with van der Waals surface area (Å²) in [6, 6.07) is -3.73. The minimum absolute atomic E-state index is 0.0745. The Bertz CT molecular complexity index is 558. The van der Waals surface area contributed by atoms with Crippen molar-refractivity contribution in [2.75, 3.05) is 5.75 Å². The van der Waals surface area contributed by atoms with Gasteiger partial charge in [0.1, 0.15) is 18.1 Å². The van der Waals surface area contributed by atoms with Crippen LogP contribution in [-0.2, 0) is 19.2 Å². The number of carbonyl (C=O) groups is 4. The van der Waals surface area contributed by atoms with Crippen molar-refractivity contribution in [2.24, 2.45) is 17.6 Å². The average molecular weight is 419 g/mol. The highest BCUT2D eigenvalue weighted by atomic mass is 32.1. The summed E-state index contributed by atoms with van der Waals surface area (Å²) in [4.78, 5) is 48.3. The van der Waals surface area contributed by atoms with Crippen molar-refractivity contribution in [3.63, 3.8) is 0 Å². The highest BCUT2D eigenvalue weighted by molar-refractivity contribution is 7.80. The van der Waals surface area contributed by atoms with Crippen molar-refractivity contribution in [1.29, 1.82) is 0 Å². The summed E-state index contributed by atoms with van der Waals surface area (Å²) in [6.45, 7) is 8.80. The van der Waals surface area contributed by atoms with Crippen LogP contribution in [0.4, 0.5) is 0 Å². The molecule has 0 heterocycles. The Morgan fingerprint density at radius 1 is 0.964 bits per heavy atom. The normalized spacial score (nSPS) is 16.4. The van der Waals surface area contributed by atoms with Crippen molar-refractivity contribution in [3.05, 3.63) is 0 Å². The number of nitrogens with two attached hydrogens (primary N) is 1. The molecule has 0 aromatic rings. The highest BCUT2D eigenvalue weighted by Gasteiger charge is 2.31. The van der Waals surface area contributed by atoms with Gasteiger partial charge in [0.05, 0.1) is 6.04 Å². The molecular formula is C18H34N4O5S. The molecule has 0 aliphatic carbocycles. The van der Waals surface area contributed by atoms with Crippen molar-refractivity contribution in [1.82, 2.24) is 16.0 Å². The second-order valence-electron chi connectivity index (χ2n) is 7.42. The molecule has 10 heteroatoms. The number of nitrogens with one attached hydrogen (secondary N) is 3. The number of rotatable bonds is 12. The molecule has 0 aliphatic heterocycles. The third-order valence-electron chi connectivity index (χ3n) is 4.40. The number of hydrogen-bond acceptors (Lipinski definition) is 6. The second-order valence-corrected chi connectivity index (χ2v) is 7.79. The molecule has 9 nitrogen and oxygen atoms in total. The van der Waals surface area contributed by atoms with Crippen LogP contribution < -0.4 is 21.7 Å². The lowest BCUT2D eigenvalue weighted by Crippen LogP contribution is -2.57. The lowest BCUT2D eigenvalue weighted by Gasteiger charge is -2.26. The lowest BCUT2D eigenvalue weighted by atomic mass is 9.97. The Hall–Kier alpha value is -1.81. The smallest absolute Gasteiger partial charge is 0.326 e. The number of carbonyl (C=O) groups excluding carboxylic acids is 3. The molecule has 0 saturated heterocycles. The predicted octanol–water partition coefficient (Wildman–Crippen LogP) is -0.105. The van der Waals surface area contributed by atoms with Gasteiger partial charge in [0.15, 0.2) is 0 Å². The Kier molecular flexibility index (Phi) is 11.8. The van der Waals surface area contributed by atoms with Crippen LogP contribution in [0.5, 0.6) is 0 Å². The first-order valence-corrected chi connectivity index (χ1v) is 10.1. The summed E-state index contributed by atoms with van der Waals surface area (Å²) < 4.78 is 0. The fraction of sp³-hybridized carbons (Fsp3) is 0.778. The van der Waals surface area contributed by atoms with Gasteiger partial charge < -0.3 is 26.8 Å². The molecule has 0 bridgehead atoms. The molecule has 0 radical (unpaired) electrons. The van der Waals surface area contributed by atoms with E-state index < -0.39 is 47.9 Å². The summed E-state index contributed by atoms with van der Waals surface area (Å²) >= 11 is 3.93. The van der Waals surface area contributed by atoms with Gasteiger partial charge in [-0.05, 0) is 25.2 Å². The maximum atomic E-state index is 12.6. The SMILES string of the molecule is CCC(C)C(NC(=O)C(CC(C)C)NC(=O)C(C)NC(=O)C(N)CS)C(=O)O. The number of amides is 3. The zero-order valence-electron chi connectivity index (χ0n) is 17.2. The van der Waals surface area contributed by atoms with Gasteiger partial charge in [-0.1, -0.05) is 34.1 Å². The molecule has 5 atom stereocenters. The Morgan fingerprint density at radius 3 is 1.96 bits per heavy atom. The van der Waals surface area contributed by atoms with E-state index in [9.17, 15) is 24.3 Å². The van der Waals surface area contributed by atoms with Crippen LogP contribution in [0, 0.1) is 11.8 Å². The molecule has 6 N–H and O–H groups in total. The summed E-state index contributed by atoms with van der Waals surface area (Å²) in [5.41, 5.74) is 5.57. The fourth-order valence-electron chi connectivity index (χ4n) is 2.41. The number of carboxylic acids is 1. The zero-order valence-corrected chi connectivity index (χ0v) is 18.1. The Labute approximate surface area is 172 Å². The summed E-state index contributed by atoms with van der Waals surface area (Å²) in [5, 5.41) is 16.9. The minimum Gasteiger partial charge on any atom is -0.480 e. The maximum Gasteiger partial charge on any atom is 0.326 e. The molecule has 28 heavy (non-hydrogen) atoms. The summed E-state index contributed by atoms with van der Waals surface area (Å²) in [6.07, 6.45) is 0.897. The molecule has 0 spiro atoms. The largest absolute Gasteiger partial charge is 0.480 e. The quantitative estimate of drug-likeness (QED) is 0.244. The van der Waals surface area contributed by atoms with E-state index in [4.69, 9.17) is 5.73 Å². The second kappa shape index (κ2) is 12.6. The molecule has 5 unspecified atom stereocenters. The molecule has 162 valence electrons. The molecule has 0 aromatic carbocycles. The topological polar surface area (TPSA) is 151 Å². The monoisotopic (exact) mass is 418 g/mol. The van der Waals surface area contributed by atoms with E-state index in [1.807, 2.05) is 20.8 Å². The minimum atomic E-state index is -1.13. The lowest BCUT2D eigenvalue weighted by molar-refractivity contribution is -0.144. The van der Waals surface area contributed by atoms with E-state index in [0.717, 1.165) is 0 Å². The van der Waals surface area contributed by atoms with Crippen LogP contribution in [0.3, 0.4) is 0 Å². The number of aliphatic carboxylic acids is 1.